The van der Waals surface area contributed by atoms with Crippen molar-refractivity contribution in [3.8, 4) is 0 Å². The van der Waals surface area contributed by atoms with Crippen LogP contribution in [-0.2, 0) is 4.79 Å². The Hall–Kier alpha value is -2.54. The number of hydrogen-bond donors (Lipinski definition) is 2. The molecule has 0 aliphatic heterocycles. The van der Waals surface area contributed by atoms with Crippen molar-refractivity contribution in [2.24, 2.45) is 5.10 Å². The summed E-state index contributed by atoms with van der Waals surface area (Å²) in [5.41, 5.74) is 3.10. The molecule has 0 aliphatic rings. The van der Waals surface area contributed by atoms with Gasteiger partial charge >= 0.3 is 0 Å². The van der Waals surface area contributed by atoms with Gasteiger partial charge in [0.05, 0.1) is 17.6 Å². The van der Waals surface area contributed by atoms with Gasteiger partial charge < -0.3 is 5.32 Å². The fourth-order valence-corrected chi connectivity index (χ4v) is 1.97. The van der Waals surface area contributed by atoms with Crippen LogP contribution in [0.2, 0.25) is 0 Å². The van der Waals surface area contributed by atoms with E-state index < -0.39 is 5.91 Å². The molecule has 2 amide bonds. The SMILES string of the molecule is O=C(CNC(=O)c1cccs1)N/N=C/c1cccnc1. The van der Waals surface area contributed by atoms with Gasteiger partial charge in [0.1, 0.15) is 0 Å². The summed E-state index contributed by atoms with van der Waals surface area (Å²) in [5.74, 6) is -0.665. The standard InChI is InChI=1S/C13H12N4O2S/c18-12(9-15-13(19)11-4-2-6-20-11)17-16-8-10-3-1-5-14-7-10/h1-8H,9H2,(H,15,19)(H,17,18)/b16-8+. The topological polar surface area (TPSA) is 83.5 Å². The second kappa shape index (κ2) is 7.15. The molecule has 0 bridgehead atoms. The molecule has 6 nitrogen and oxygen atoms in total. The Morgan fingerprint density at radius 1 is 1.35 bits per heavy atom. The molecule has 2 aromatic rings. The summed E-state index contributed by atoms with van der Waals surface area (Å²) in [7, 11) is 0. The first-order valence-corrected chi connectivity index (χ1v) is 6.67. The molecule has 0 fully saturated rings. The van der Waals surface area contributed by atoms with Gasteiger partial charge in [-0.2, -0.15) is 5.10 Å². The Balaban J connectivity index is 1.73. The third kappa shape index (κ3) is 4.29. The highest BCUT2D eigenvalue weighted by Gasteiger charge is 2.07. The molecule has 0 unspecified atom stereocenters. The van der Waals surface area contributed by atoms with E-state index in [1.54, 1.807) is 42.0 Å². The van der Waals surface area contributed by atoms with E-state index in [4.69, 9.17) is 0 Å². The zero-order valence-electron chi connectivity index (χ0n) is 10.4. The molecule has 2 N–H and O–H groups in total. The predicted molar refractivity (Wildman–Crippen MR) is 76.6 cm³/mol. The highest BCUT2D eigenvalue weighted by Crippen LogP contribution is 2.07. The number of hydrogen-bond acceptors (Lipinski definition) is 5. The van der Waals surface area contributed by atoms with Crippen molar-refractivity contribution in [3.63, 3.8) is 0 Å². The lowest BCUT2D eigenvalue weighted by molar-refractivity contribution is -0.120. The molecule has 0 saturated heterocycles. The number of pyridine rings is 1. The first-order valence-electron chi connectivity index (χ1n) is 5.79. The predicted octanol–water partition coefficient (Wildman–Crippen LogP) is 1.02. The summed E-state index contributed by atoms with van der Waals surface area (Å²) >= 11 is 1.32. The van der Waals surface area contributed by atoms with Crippen molar-refractivity contribution in [1.29, 1.82) is 0 Å². The number of carbonyl (C=O) groups excluding carboxylic acids is 2. The second-order valence-corrected chi connectivity index (χ2v) is 4.69. The largest absolute Gasteiger partial charge is 0.342 e. The Morgan fingerprint density at radius 3 is 2.95 bits per heavy atom. The maximum absolute atomic E-state index is 11.6. The Labute approximate surface area is 119 Å². The van der Waals surface area contributed by atoms with Crippen LogP contribution < -0.4 is 10.7 Å². The molecule has 0 spiro atoms. The van der Waals surface area contributed by atoms with Gasteiger partial charge in [-0.25, -0.2) is 5.43 Å². The summed E-state index contributed by atoms with van der Waals surface area (Å²) in [6, 6.07) is 7.04. The fourth-order valence-electron chi connectivity index (χ4n) is 1.33. The minimum Gasteiger partial charge on any atom is -0.342 e. The number of carbonyl (C=O) groups is 2. The van der Waals surface area contributed by atoms with E-state index in [9.17, 15) is 9.59 Å². The Morgan fingerprint density at radius 2 is 2.25 bits per heavy atom. The average molecular weight is 288 g/mol. The third-order valence-electron chi connectivity index (χ3n) is 2.24. The van der Waals surface area contributed by atoms with Gasteiger partial charge in [0.2, 0.25) is 0 Å². The Kier molecular flexibility index (Phi) is 4.96. The van der Waals surface area contributed by atoms with E-state index in [1.807, 2.05) is 0 Å². The van der Waals surface area contributed by atoms with Crippen LogP contribution in [0.5, 0.6) is 0 Å². The molecule has 2 heterocycles. The first kappa shape index (κ1) is 13.9. The molecule has 7 heteroatoms. The monoisotopic (exact) mass is 288 g/mol. The van der Waals surface area contributed by atoms with Gasteiger partial charge in [-0.3, -0.25) is 14.6 Å². The van der Waals surface area contributed by atoms with E-state index in [2.05, 4.69) is 20.8 Å². The van der Waals surface area contributed by atoms with Crippen LogP contribution in [-0.4, -0.2) is 29.6 Å². The van der Waals surface area contributed by atoms with Crippen LogP contribution in [0.25, 0.3) is 0 Å². The van der Waals surface area contributed by atoms with Crippen molar-refractivity contribution >= 4 is 29.4 Å². The van der Waals surface area contributed by atoms with Crippen LogP contribution >= 0.6 is 11.3 Å². The molecule has 2 aromatic heterocycles. The van der Waals surface area contributed by atoms with Crippen molar-refractivity contribution in [1.82, 2.24) is 15.7 Å². The summed E-state index contributed by atoms with van der Waals surface area (Å²) in [4.78, 5) is 27.5. The van der Waals surface area contributed by atoms with Gasteiger partial charge in [0.25, 0.3) is 11.8 Å². The smallest absolute Gasteiger partial charge is 0.261 e. The summed E-state index contributed by atoms with van der Waals surface area (Å²) in [5, 5.41) is 8.07. The molecule has 0 atom stereocenters. The summed E-state index contributed by atoms with van der Waals surface area (Å²) < 4.78 is 0. The number of rotatable bonds is 5. The normalized spacial score (nSPS) is 10.4. The minimum absolute atomic E-state index is 0.124. The molecular formula is C13H12N4O2S. The lowest BCUT2D eigenvalue weighted by atomic mass is 10.3. The highest BCUT2D eigenvalue weighted by molar-refractivity contribution is 7.12. The molecule has 0 aromatic carbocycles. The van der Waals surface area contributed by atoms with Crippen molar-refractivity contribution in [2.45, 2.75) is 0 Å². The first-order chi connectivity index (χ1) is 9.75. The number of hydrazone groups is 1. The summed E-state index contributed by atoms with van der Waals surface area (Å²) in [6.07, 6.45) is 4.75. The van der Waals surface area contributed by atoms with Crippen molar-refractivity contribution in [2.75, 3.05) is 6.54 Å². The van der Waals surface area contributed by atoms with E-state index in [-0.39, 0.29) is 12.5 Å². The second-order valence-electron chi connectivity index (χ2n) is 3.74. The van der Waals surface area contributed by atoms with E-state index in [0.717, 1.165) is 5.56 Å². The quantitative estimate of drug-likeness (QED) is 0.636. The maximum Gasteiger partial charge on any atom is 0.261 e. The third-order valence-corrected chi connectivity index (χ3v) is 3.11. The van der Waals surface area contributed by atoms with Crippen molar-refractivity contribution in [3.05, 3.63) is 52.5 Å². The van der Waals surface area contributed by atoms with Gasteiger partial charge in [0.15, 0.2) is 0 Å². The molecule has 0 radical (unpaired) electrons. The number of amides is 2. The van der Waals surface area contributed by atoms with Gasteiger partial charge in [0, 0.05) is 18.0 Å². The zero-order chi connectivity index (χ0) is 14.2. The Bertz CT molecular complexity index is 596. The molecule has 0 saturated carbocycles. The van der Waals surface area contributed by atoms with Gasteiger partial charge in [-0.15, -0.1) is 11.3 Å². The van der Waals surface area contributed by atoms with Crippen LogP contribution in [0.15, 0.2) is 47.1 Å². The average Bonchev–Trinajstić information content (AvgIpc) is 3.00. The lowest BCUT2D eigenvalue weighted by Gasteiger charge is -2.02. The van der Waals surface area contributed by atoms with Crippen LogP contribution in [0.1, 0.15) is 15.2 Å². The molecule has 102 valence electrons. The number of thiophene rings is 1. The maximum atomic E-state index is 11.6. The van der Waals surface area contributed by atoms with E-state index in [0.29, 0.717) is 4.88 Å². The van der Waals surface area contributed by atoms with E-state index >= 15 is 0 Å². The molecule has 20 heavy (non-hydrogen) atoms. The van der Waals surface area contributed by atoms with Gasteiger partial charge in [-0.05, 0) is 17.5 Å². The zero-order valence-corrected chi connectivity index (χ0v) is 11.3. The van der Waals surface area contributed by atoms with E-state index in [1.165, 1.54) is 17.6 Å². The number of nitrogens with zero attached hydrogens (tertiary/aromatic N) is 2. The lowest BCUT2D eigenvalue weighted by Crippen LogP contribution is -2.34. The fraction of sp³-hybridized carbons (Fsp3) is 0.0769. The van der Waals surface area contributed by atoms with Crippen LogP contribution in [0.4, 0.5) is 0 Å². The molecular weight excluding hydrogens is 276 g/mol. The van der Waals surface area contributed by atoms with Gasteiger partial charge in [-0.1, -0.05) is 12.1 Å². The van der Waals surface area contributed by atoms with Crippen LogP contribution in [0.3, 0.4) is 0 Å². The number of aromatic nitrogens is 1. The molecule has 2 rings (SSSR count). The summed E-state index contributed by atoms with van der Waals surface area (Å²) in [6.45, 7) is -0.124. The minimum atomic E-state index is -0.393. The molecule has 0 aliphatic carbocycles. The van der Waals surface area contributed by atoms with Crippen LogP contribution in [0, 0.1) is 0 Å². The van der Waals surface area contributed by atoms with Crippen molar-refractivity contribution < 1.29 is 9.59 Å². The highest BCUT2D eigenvalue weighted by atomic mass is 32.1. The number of nitrogens with one attached hydrogen (secondary N) is 2.